The minimum absolute atomic E-state index is 0.273. The number of hydrogen-bond acceptors (Lipinski definition) is 6. The molecule has 2 aromatic rings. The van der Waals surface area contributed by atoms with E-state index < -0.39 is 5.60 Å². The average Bonchev–Trinajstić information content (AvgIpc) is 3.01. The third-order valence-electron chi connectivity index (χ3n) is 3.28. The van der Waals surface area contributed by atoms with Crippen LogP contribution in [0.25, 0.3) is 11.6 Å². The van der Waals surface area contributed by atoms with Gasteiger partial charge in [-0.05, 0) is 32.9 Å². The van der Waals surface area contributed by atoms with Crippen LogP contribution in [0.15, 0.2) is 27.3 Å². The predicted octanol–water partition coefficient (Wildman–Crippen LogP) is 2.74. The monoisotopic (exact) mass is 305 g/mol. The first-order chi connectivity index (χ1) is 10.4. The van der Waals surface area contributed by atoms with Gasteiger partial charge in [0.2, 0.25) is 11.7 Å². The van der Waals surface area contributed by atoms with E-state index in [0.717, 1.165) is 0 Å². The number of likely N-dealkylation sites (tertiary alicyclic amines) is 1. The van der Waals surface area contributed by atoms with Crippen molar-refractivity contribution in [1.29, 1.82) is 0 Å². The average molecular weight is 305 g/mol. The highest BCUT2D eigenvalue weighted by Gasteiger charge is 2.34. The van der Waals surface area contributed by atoms with Gasteiger partial charge >= 0.3 is 6.09 Å². The summed E-state index contributed by atoms with van der Waals surface area (Å²) in [7, 11) is 0. The highest BCUT2D eigenvalue weighted by atomic mass is 16.6. The van der Waals surface area contributed by atoms with Crippen LogP contribution < -0.4 is 0 Å². The Balaban J connectivity index is 1.49. The summed E-state index contributed by atoms with van der Waals surface area (Å²) in [4.78, 5) is 17.8. The van der Waals surface area contributed by atoms with Crippen molar-refractivity contribution in [1.82, 2.24) is 15.0 Å². The lowest BCUT2D eigenvalue weighted by molar-refractivity contribution is -0.00186. The smallest absolute Gasteiger partial charge is 0.410 e. The highest BCUT2D eigenvalue weighted by Crippen LogP contribution is 2.23. The van der Waals surface area contributed by atoms with Crippen LogP contribution in [0.4, 0.5) is 4.79 Å². The molecule has 2 aromatic heterocycles. The van der Waals surface area contributed by atoms with E-state index in [9.17, 15) is 4.79 Å². The molecule has 0 saturated carbocycles. The minimum Gasteiger partial charge on any atom is -0.461 e. The molecule has 3 heterocycles. The Kier molecular flexibility index (Phi) is 3.64. The Hall–Kier alpha value is -2.31. The van der Waals surface area contributed by atoms with Gasteiger partial charge in [0.05, 0.1) is 6.26 Å². The molecule has 0 unspecified atom stereocenters. The molecule has 3 rings (SSSR count). The summed E-state index contributed by atoms with van der Waals surface area (Å²) in [6.45, 7) is 6.87. The van der Waals surface area contributed by atoms with E-state index in [1.807, 2.05) is 20.8 Å². The van der Waals surface area contributed by atoms with E-state index in [2.05, 4.69) is 10.1 Å². The predicted molar refractivity (Wildman–Crippen MR) is 77.0 cm³/mol. The molecule has 0 atom stereocenters. The number of ether oxygens (including phenoxy) is 1. The second-order valence-corrected chi connectivity index (χ2v) is 6.44. The van der Waals surface area contributed by atoms with Crippen molar-refractivity contribution in [2.24, 2.45) is 5.92 Å². The van der Waals surface area contributed by atoms with Gasteiger partial charge < -0.3 is 18.6 Å². The van der Waals surface area contributed by atoms with E-state index in [1.54, 1.807) is 23.3 Å². The van der Waals surface area contributed by atoms with Gasteiger partial charge in [-0.1, -0.05) is 5.16 Å². The Labute approximate surface area is 128 Å². The van der Waals surface area contributed by atoms with Crippen LogP contribution in [0.3, 0.4) is 0 Å². The molecule has 0 bridgehead atoms. The molecule has 1 aliphatic rings. The van der Waals surface area contributed by atoms with Crippen LogP contribution >= 0.6 is 0 Å². The van der Waals surface area contributed by atoms with Crippen molar-refractivity contribution < 1.29 is 18.5 Å². The highest BCUT2D eigenvalue weighted by molar-refractivity contribution is 5.69. The van der Waals surface area contributed by atoms with E-state index in [0.29, 0.717) is 42.9 Å². The molecular weight excluding hydrogens is 286 g/mol. The molecule has 1 saturated heterocycles. The van der Waals surface area contributed by atoms with Crippen molar-refractivity contribution >= 4 is 6.09 Å². The first-order valence-electron chi connectivity index (χ1n) is 7.25. The summed E-state index contributed by atoms with van der Waals surface area (Å²) in [6, 6.07) is 3.55. The number of rotatable bonds is 3. The SMILES string of the molecule is CC(C)(C)OC(=O)N1CC(Cc2nc(-c3ccco3)no2)C1. The van der Waals surface area contributed by atoms with Gasteiger partial charge in [0, 0.05) is 25.4 Å². The van der Waals surface area contributed by atoms with Crippen molar-refractivity contribution in [3.05, 3.63) is 24.3 Å². The summed E-state index contributed by atoms with van der Waals surface area (Å²) in [6.07, 6.45) is 1.94. The van der Waals surface area contributed by atoms with Crippen LogP contribution in [0.5, 0.6) is 0 Å². The number of hydrogen-bond donors (Lipinski definition) is 0. The van der Waals surface area contributed by atoms with Crippen molar-refractivity contribution in [3.8, 4) is 11.6 Å². The fourth-order valence-corrected chi connectivity index (χ4v) is 2.27. The van der Waals surface area contributed by atoms with Crippen LogP contribution in [0, 0.1) is 5.92 Å². The molecule has 22 heavy (non-hydrogen) atoms. The molecule has 0 N–H and O–H groups in total. The Bertz CT molecular complexity index is 636. The first-order valence-corrected chi connectivity index (χ1v) is 7.25. The molecule has 0 aromatic carbocycles. The molecule has 0 radical (unpaired) electrons. The number of carbonyl (C=O) groups excluding carboxylic acids is 1. The van der Waals surface area contributed by atoms with Crippen molar-refractivity contribution in [2.45, 2.75) is 32.8 Å². The molecule has 118 valence electrons. The van der Waals surface area contributed by atoms with Crippen LogP contribution in [-0.4, -0.2) is 39.8 Å². The van der Waals surface area contributed by atoms with E-state index in [4.69, 9.17) is 13.7 Å². The second kappa shape index (κ2) is 5.47. The summed E-state index contributed by atoms with van der Waals surface area (Å²) in [5.41, 5.74) is -0.466. The Morgan fingerprint density at radius 3 is 2.86 bits per heavy atom. The summed E-state index contributed by atoms with van der Waals surface area (Å²) < 4.78 is 15.8. The van der Waals surface area contributed by atoms with Crippen molar-refractivity contribution in [2.75, 3.05) is 13.1 Å². The molecule has 1 aliphatic heterocycles. The molecule has 1 fully saturated rings. The zero-order chi connectivity index (χ0) is 15.7. The lowest BCUT2D eigenvalue weighted by atomic mass is 9.97. The van der Waals surface area contributed by atoms with E-state index in [1.165, 1.54) is 0 Å². The third kappa shape index (κ3) is 3.29. The first kappa shape index (κ1) is 14.6. The molecule has 7 heteroatoms. The van der Waals surface area contributed by atoms with Gasteiger partial charge in [-0.3, -0.25) is 0 Å². The lowest BCUT2D eigenvalue weighted by Gasteiger charge is -2.39. The molecule has 1 amide bonds. The fraction of sp³-hybridized carbons (Fsp3) is 0.533. The minimum atomic E-state index is -0.466. The number of carbonyl (C=O) groups is 1. The topological polar surface area (TPSA) is 81.6 Å². The van der Waals surface area contributed by atoms with Gasteiger partial charge in [-0.2, -0.15) is 4.98 Å². The van der Waals surface area contributed by atoms with E-state index >= 15 is 0 Å². The van der Waals surface area contributed by atoms with Crippen LogP contribution in [0.2, 0.25) is 0 Å². The molecule has 7 nitrogen and oxygen atoms in total. The van der Waals surface area contributed by atoms with Gasteiger partial charge in [-0.15, -0.1) is 0 Å². The fourth-order valence-electron chi connectivity index (χ4n) is 2.27. The van der Waals surface area contributed by atoms with Gasteiger partial charge in [0.15, 0.2) is 5.76 Å². The number of nitrogens with zero attached hydrogens (tertiary/aromatic N) is 3. The van der Waals surface area contributed by atoms with E-state index in [-0.39, 0.29) is 6.09 Å². The second-order valence-electron chi connectivity index (χ2n) is 6.44. The zero-order valence-electron chi connectivity index (χ0n) is 12.9. The molecule has 0 spiro atoms. The van der Waals surface area contributed by atoms with Gasteiger partial charge in [0.1, 0.15) is 5.60 Å². The number of furan rings is 1. The largest absolute Gasteiger partial charge is 0.461 e. The maximum atomic E-state index is 11.8. The summed E-state index contributed by atoms with van der Waals surface area (Å²) >= 11 is 0. The van der Waals surface area contributed by atoms with Crippen LogP contribution in [-0.2, 0) is 11.2 Å². The summed E-state index contributed by atoms with van der Waals surface area (Å²) in [5.74, 6) is 1.90. The standard InChI is InChI=1S/C15H19N3O4/c1-15(2,3)21-14(19)18-8-10(9-18)7-12-16-13(17-22-12)11-5-4-6-20-11/h4-6,10H,7-9H2,1-3H3. The Morgan fingerprint density at radius 1 is 1.45 bits per heavy atom. The maximum Gasteiger partial charge on any atom is 0.410 e. The quantitative estimate of drug-likeness (QED) is 0.867. The Morgan fingerprint density at radius 2 is 2.23 bits per heavy atom. The zero-order valence-corrected chi connectivity index (χ0v) is 12.9. The maximum absolute atomic E-state index is 11.8. The third-order valence-corrected chi connectivity index (χ3v) is 3.28. The number of amides is 1. The van der Waals surface area contributed by atoms with Gasteiger partial charge in [-0.25, -0.2) is 4.79 Å². The normalized spacial score (nSPS) is 15.7. The van der Waals surface area contributed by atoms with Crippen LogP contribution in [0.1, 0.15) is 26.7 Å². The van der Waals surface area contributed by atoms with Crippen molar-refractivity contribution in [3.63, 3.8) is 0 Å². The molecule has 0 aliphatic carbocycles. The van der Waals surface area contributed by atoms with Gasteiger partial charge in [0.25, 0.3) is 0 Å². The lowest BCUT2D eigenvalue weighted by Crippen LogP contribution is -2.52. The number of aromatic nitrogens is 2. The molecular formula is C15H19N3O4. The summed E-state index contributed by atoms with van der Waals surface area (Å²) in [5, 5.41) is 3.89.